The number of carbonyl (C=O) groups is 1. The average molecular weight is 424 g/mol. The zero-order chi connectivity index (χ0) is 20.6. The predicted octanol–water partition coefficient (Wildman–Crippen LogP) is 3.86. The topological polar surface area (TPSA) is 76.8 Å². The third-order valence-corrected chi connectivity index (χ3v) is 6.08. The van der Waals surface area contributed by atoms with Crippen LogP contribution in [-0.2, 0) is 4.74 Å². The molecule has 1 unspecified atom stereocenters. The van der Waals surface area contributed by atoms with Gasteiger partial charge in [0.05, 0.1) is 29.0 Å². The van der Waals surface area contributed by atoms with Crippen LogP contribution >= 0.6 is 11.6 Å². The Hall–Kier alpha value is -1.50. The van der Waals surface area contributed by atoms with Crippen molar-refractivity contribution in [2.24, 2.45) is 0 Å². The number of ether oxygens (including phenoxy) is 2. The Labute approximate surface area is 179 Å². The fourth-order valence-electron chi connectivity index (χ4n) is 4.06. The monoisotopic (exact) mass is 423 g/mol. The first kappa shape index (κ1) is 22.2. The van der Waals surface area contributed by atoms with E-state index in [2.05, 4.69) is 10.2 Å². The first-order valence-electron chi connectivity index (χ1n) is 10.9. The molecule has 2 saturated heterocycles. The SMILES string of the molecule is CCCOc1cc(N)c(Cl)cc1C(=O)NC1CCN(CCCC2CCCO2)CC1. The third kappa shape index (κ3) is 6.49. The van der Waals surface area contributed by atoms with Crippen molar-refractivity contribution in [1.29, 1.82) is 0 Å². The Kier molecular flexibility index (Phi) is 8.45. The number of nitrogens with one attached hydrogen (secondary N) is 1. The Morgan fingerprint density at radius 3 is 2.83 bits per heavy atom. The lowest BCUT2D eigenvalue weighted by molar-refractivity contribution is 0.0886. The largest absolute Gasteiger partial charge is 0.493 e. The zero-order valence-corrected chi connectivity index (χ0v) is 18.2. The van der Waals surface area contributed by atoms with Crippen molar-refractivity contribution in [3.05, 3.63) is 22.7 Å². The average Bonchev–Trinajstić information content (AvgIpc) is 3.23. The molecule has 0 aliphatic carbocycles. The van der Waals surface area contributed by atoms with E-state index in [1.54, 1.807) is 12.1 Å². The van der Waals surface area contributed by atoms with Crippen LogP contribution in [0.15, 0.2) is 12.1 Å². The normalized spacial score (nSPS) is 20.7. The van der Waals surface area contributed by atoms with Crippen LogP contribution in [0.1, 0.15) is 62.2 Å². The summed E-state index contributed by atoms with van der Waals surface area (Å²) in [6.07, 6.45) is 8.02. The minimum Gasteiger partial charge on any atom is -0.493 e. The van der Waals surface area contributed by atoms with Crippen LogP contribution in [0.4, 0.5) is 5.69 Å². The van der Waals surface area contributed by atoms with Gasteiger partial charge >= 0.3 is 0 Å². The van der Waals surface area contributed by atoms with Crippen LogP contribution in [0, 0.1) is 0 Å². The van der Waals surface area contributed by atoms with E-state index < -0.39 is 0 Å². The summed E-state index contributed by atoms with van der Waals surface area (Å²) < 4.78 is 11.4. The molecule has 29 heavy (non-hydrogen) atoms. The maximum absolute atomic E-state index is 12.8. The number of carbonyl (C=O) groups excluding carboxylic acids is 1. The first-order chi connectivity index (χ1) is 14.1. The van der Waals surface area contributed by atoms with Gasteiger partial charge in [-0.1, -0.05) is 18.5 Å². The van der Waals surface area contributed by atoms with Gasteiger partial charge in [-0.15, -0.1) is 0 Å². The number of benzene rings is 1. The lowest BCUT2D eigenvalue weighted by atomic mass is 10.0. The zero-order valence-electron chi connectivity index (χ0n) is 17.4. The number of nitrogen functional groups attached to an aromatic ring is 1. The molecule has 2 aliphatic heterocycles. The molecule has 2 heterocycles. The Bertz CT molecular complexity index is 672. The Morgan fingerprint density at radius 1 is 1.34 bits per heavy atom. The molecule has 0 aromatic heterocycles. The molecule has 2 aliphatic rings. The number of rotatable bonds is 9. The number of likely N-dealkylation sites (tertiary alicyclic amines) is 1. The summed E-state index contributed by atoms with van der Waals surface area (Å²) in [7, 11) is 0. The Morgan fingerprint density at radius 2 is 2.14 bits per heavy atom. The number of anilines is 1. The molecule has 6 nitrogen and oxygen atoms in total. The fourth-order valence-corrected chi connectivity index (χ4v) is 4.22. The third-order valence-electron chi connectivity index (χ3n) is 5.75. The summed E-state index contributed by atoms with van der Waals surface area (Å²) in [5.74, 6) is 0.354. The molecule has 0 saturated carbocycles. The van der Waals surface area contributed by atoms with Crippen molar-refractivity contribution < 1.29 is 14.3 Å². The summed E-state index contributed by atoms with van der Waals surface area (Å²) in [6, 6.07) is 3.42. The van der Waals surface area contributed by atoms with Crippen molar-refractivity contribution in [3.63, 3.8) is 0 Å². The van der Waals surface area contributed by atoms with Crippen molar-refractivity contribution in [3.8, 4) is 5.75 Å². The molecule has 162 valence electrons. The van der Waals surface area contributed by atoms with Gasteiger partial charge in [-0.2, -0.15) is 0 Å². The molecule has 7 heteroatoms. The summed E-state index contributed by atoms with van der Waals surface area (Å²) in [6.45, 7) is 6.62. The molecule has 2 fully saturated rings. The molecule has 0 radical (unpaired) electrons. The molecule has 1 atom stereocenters. The molecule has 3 rings (SSSR count). The predicted molar refractivity (Wildman–Crippen MR) is 117 cm³/mol. The van der Waals surface area contributed by atoms with Gasteiger partial charge in [0.1, 0.15) is 5.75 Å². The molecule has 0 spiro atoms. The summed E-state index contributed by atoms with van der Waals surface area (Å²) in [5.41, 5.74) is 6.76. The number of piperidine rings is 1. The second-order valence-electron chi connectivity index (χ2n) is 8.08. The Balaban J connectivity index is 1.46. The van der Waals surface area contributed by atoms with Gasteiger partial charge in [0.2, 0.25) is 0 Å². The van der Waals surface area contributed by atoms with E-state index in [9.17, 15) is 4.79 Å². The molecule has 1 amide bonds. The lowest BCUT2D eigenvalue weighted by Gasteiger charge is -2.32. The van der Waals surface area contributed by atoms with Crippen LogP contribution in [0.3, 0.4) is 0 Å². The molecule has 1 aromatic rings. The van der Waals surface area contributed by atoms with Crippen molar-refractivity contribution >= 4 is 23.2 Å². The van der Waals surface area contributed by atoms with E-state index in [0.29, 0.717) is 34.7 Å². The van der Waals surface area contributed by atoms with Gasteiger partial charge in [-0.25, -0.2) is 0 Å². The molecule has 0 bridgehead atoms. The van der Waals surface area contributed by atoms with Gasteiger partial charge in [-0.05, 0) is 57.6 Å². The maximum Gasteiger partial charge on any atom is 0.255 e. The fraction of sp³-hybridized carbons (Fsp3) is 0.682. The number of hydrogen-bond acceptors (Lipinski definition) is 5. The molecular formula is C22H34ClN3O3. The van der Waals surface area contributed by atoms with E-state index in [1.165, 1.54) is 19.3 Å². The van der Waals surface area contributed by atoms with Crippen LogP contribution in [0.5, 0.6) is 5.75 Å². The van der Waals surface area contributed by atoms with Crippen LogP contribution in [0.25, 0.3) is 0 Å². The highest BCUT2D eigenvalue weighted by Crippen LogP contribution is 2.29. The van der Waals surface area contributed by atoms with Crippen LogP contribution < -0.4 is 15.8 Å². The summed E-state index contributed by atoms with van der Waals surface area (Å²) >= 11 is 6.15. The second kappa shape index (κ2) is 11.0. The lowest BCUT2D eigenvalue weighted by Crippen LogP contribution is -2.45. The summed E-state index contributed by atoms with van der Waals surface area (Å²) in [4.78, 5) is 15.3. The molecular weight excluding hydrogens is 390 g/mol. The van der Waals surface area contributed by atoms with Crippen LogP contribution in [-0.4, -0.2) is 55.8 Å². The van der Waals surface area contributed by atoms with E-state index in [1.807, 2.05) is 6.92 Å². The van der Waals surface area contributed by atoms with Gasteiger partial charge < -0.3 is 25.4 Å². The second-order valence-corrected chi connectivity index (χ2v) is 8.49. The highest BCUT2D eigenvalue weighted by molar-refractivity contribution is 6.33. The van der Waals surface area contributed by atoms with E-state index in [-0.39, 0.29) is 11.9 Å². The van der Waals surface area contributed by atoms with Crippen molar-refractivity contribution in [1.82, 2.24) is 10.2 Å². The number of hydrogen-bond donors (Lipinski definition) is 2. The number of nitrogens with two attached hydrogens (primary N) is 1. The minimum atomic E-state index is -0.144. The van der Waals surface area contributed by atoms with E-state index in [0.717, 1.165) is 51.9 Å². The van der Waals surface area contributed by atoms with Crippen molar-refractivity contribution in [2.45, 2.75) is 64.0 Å². The molecule has 3 N–H and O–H groups in total. The first-order valence-corrected chi connectivity index (χ1v) is 11.3. The van der Waals surface area contributed by atoms with Crippen molar-refractivity contribution in [2.75, 3.05) is 38.6 Å². The number of amides is 1. The van der Waals surface area contributed by atoms with Gasteiger partial charge in [0.25, 0.3) is 5.91 Å². The standard InChI is InChI=1S/C22H34ClN3O3/c1-2-12-29-21-15-20(24)19(23)14-18(21)22(27)25-16-7-10-26(11-8-16)9-3-5-17-6-4-13-28-17/h14-17H,2-13,24H2,1H3,(H,25,27). The van der Waals surface area contributed by atoms with Gasteiger partial charge in [0, 0.05) is 31.8 Å². The van der Waals surface area contributed by atoms with Crippen LogP contribution in [0.2, 0.25) is 5.02 Å². The van der Waals surface area contributed by atoms with Gasteiger partial charge in [-0.3, -0.25) is 4.79 Å². The van der Waals surface area contributed by atoms with E-state index >= 15 is 0 Å². The highest BCUT2D eigenvalue weighted by Gasteiger charge is 2.23. The minimum absolute atomic E-state index is 0.144. The number of nitrogens with zero attached hydrogens (tertiary/aromatic N) is 1. The number of halogens is 1. The maximum atomic E-state index is 12.8. The quantitative estimate of drug-likeness (QED) is 0.589. The smallest absolute Gasteiger partial charge is 0.255 e. The molecule has 1 aromatic carbocycles. The summed E-state index contributed by atoms with van der Waals surface area (Å²) in [5, 5.41) is 3.53. The van der Waals surface area contributed by atoms with E-state index in [4.69, 9.17) is 26.8 Å². The van der Waals surface area contributed by atoms with Gasteiger partial charge in [0.15, 0.2) is 0 Å². The highest BCUT2D eigenvalue weighted by atomic mass is 35.5.